The molecule has 0 radical (unpaired) electrons. The Morgan fingerprint density at radius 2 is 2.05 bits per heavy atom. The number of benzene rings is 1. The third kappa shape index (κ3) is 2.79. The number of aromatic nitrogens is 1. The molecule has 0 bridgehead atoms. The van der Waals surface area contributed by atoms with E-state index >= 15 is 0 Å². The van der Waals surface area contributed by atoms with Gasteiger partial charge in [-0.05, 0) is 49.4 Å². The molecule has 1 aromatic heterocycles. The zero-order valence-corrected chi connectivity index (χ0v) is 12.2. The van der Waals surface area contributed by atoms with Crippen LogP contribution in [0, 0.1) is 11.3 Å². The summed E-state index contributed by atoms with van der Waals surface area (Å²) in [5.41, 5.74) is 8.79. The predicted molar refractivity (Wildman–Crippen MR) is 81.5 cm³/mol. The first-order valence-corrected chi connectivity index (χ1v) is 7.21. The second-order valence-corrected chi connectivity index (χ2v) is 5.46. The maximum atomic E-state index is 9.28. The van der Waals surface area contributed by atoms with Gasteiger partial charge in [-0.2, -0.15) is 5.26 Å². The minimum absolute atomic E-state index is 0.332. The van der Waals surface area contributed by atoms with Gasteiger partial charge in [-0.25, -0.2) is 4.98 Å². The number of rotatable bonds is 2. The van der Waals surface area contributed by atoms with Crippen LogP contribution in [0.25, 0.3) is 0 Å². The highest BCUT2D eigenvalue weighted by molar-refractivity contribution is 6.33. The second kappa shape index (κ2) is 5.63. The molecule has 1 aliphatic rings. The van der Waals surface area contributed by atoms with Crippen molar-refractivity contribution >= 4 is 17.3 Å². The largest absolute Gasteiger partial charge is 0.438 e. The van der Waals surface area contributed by atoms with Crippen LogP contribution in [0.3, 0.4) is 0 Å². The summed E-state index contributed by atoms with van der Waals surface area (Å²) in [5.74, 6) is 0.855. The number of nitrogen functional groups attached to an aromatic ring is 1. The number of hydrogen-bond acceptors (Lipinski definition) is 4. The van der Waals surface area contributed by atoms with E-state index in [1.807, 2.05) is 6.07 Å². The molecule has 0 aliphatic heterocycles. The molecule has 2 N–H and O–H groups in total. The first-order valence-electron chi connectivity index (χ1n) is 6.83. The zero-order chi connectivity index (χ0) is 14.8. The molecule has 1 aromatic carbocycles. The van der Waals surface area contributed by atoms with Gasteiger partial charge in [0.25, 0.3) is 0 Å². The van der Waals surface area contributed by atoms with Crippen LogP contribution in [0.2, 0.25) is 5.02 Å². The van der Waals surface area contributed by atoms with Crippen LogP contribution < -0.4 is 10.5 Å². The number of nitrogens with two attached hydrogens (primary N) is 1. The van der Waals surface area contributed by atoms with Crippen molar-refractivity contribution < 1.29 is 4.74 Å². The number of anilines is 1. The molecule has 4 nitrogen and oxygen atoms in total. The van der Waals surface area contributed by atoms with Crippen molar-refractivity contribution in [2.75, 3.05) is 5.73 Å². The van der Waals surface area contributed by atoms with Crippen LogP contribution in [0.4, 0.5) is 5.69 Å². The quantitative estimate of drug-likeness (QED) is 0.855. The molecule has 1 aliphatic carbocycles. The number of pyridine rings is 1. The van der Waals surface area contributed by atoms with E-state index in [1.54, 1.807) is 18.2 Å². The van der Waals surface area contributed by atoms with E-state index in [2.05, 4.69) is 11.1 Å². The lowest BCUT2D eigenvalue weighted by molar-refractivity contribution is 0.456. The lowest BCUT2D eigenvalue weighted by Crippen LogP contribution is -2.07. The van der Waals surface area contributed by atoms with Crippen LogP contribution in [0.1, 0.15) is 29.7 Å². The molecule has 0 amide bonds. The Hall–Kier alpha value is -2.25. The van der Waals surface area contributed by atoms with Gasteiger partial charge in [-0.1, -0.05) is 11.6 Å². The minimum Gasteiger partial charge on any atom is -0.438 e. The number of hydrogen-bond donors (Lipinski definition) is 1. The number of nitriles is 1. The Morgan fingerprint density at radius 3 is 2.81 bits per heavy atom. The Kier molecular flexibility index (Phi) is 3.68. The van der Waals surface area contributed by atoms with Crippen LogP contribution >= 0.6 is 11.6 Å². The highest BCUT2D eigenvalue weighted by Gasteiger charge is 2.16. The Bertz CT molecular complexity index is 737. The summed E-state index contributed by atoms with van der Waals surface area (Å²) in [7, 11) is 0. The average Bonchev–Trinajstić information content (AvgIpc) is 2.50. The number of nitrogens with zero attached hydrogens (tertiary/aromatic N) is 2. The highest BCUT2D eigenvalue weighted by atomic mass is 35.5. The van der Waals surface area contributed by atoms with Gasteiger partial charge in [0, 0.05) is 11.8 Å². The summed E-state index contributed by atoms with van der Waals surface area (Å²) in [6.45, 7) is 0. The number of aryl methyl sites for hydroxylation is 2. The molecule has 21 heavy (non-hydrogen) atoms. The van der Waals surface area contributed by atoms with Crippen LogP contribution in [0.5, 0.6) is 11.6 Å². The SMILES string of the molecule is N#Cc1cc2c(nc1Oc1ccc(N)c(Cl)c1)CCCC2. The zero-order valence-electron chi connectivity index (χ0n) is 11.4. The van der Waals surface area contributed by atoms with Gasteiger partial charge in [0.1, 0.15) is 17.4 Å². The van der Waals surface area contributed by atoms with Gasteiger partial charge in [0.2, 0.25) is 5.88 Å². The van der Waals surface area contributed by atoms with Crippen LogP contribution in [0.15, 0.2) is 24.3 Å². The number of fused-ring (bicyclic) bond motifs is 1. The van der Waals surface area contributed by atoms with Crippen molar-refractivity contribution in [1.29, 1.82) is 5.26 Å². The maximum absolute atomic E-state index is 9.28. The standard InChI is InChI=1S/C16H14ClN3O/c17-13-8-12(5-6-14(13)19)21-16-11(9-18)7-10-3-1-2-4-15(10)20-16/h5-8H,1-4,19H2. The summed E-state index contributed by atoms with van der Waals surface area (Å²) >= 11 is 5.98. The van der Waals surface area contributed by atoms with Gasteiger partial charge in [-0.15, -0.1) is 0 Å². The number of ether oxygens (including phenoxy) is 1. The molecule has 0 unspecified atom stereocenters. The van der Waals surface area contributed by atoms with Gasteiger partial charge in [0.05, 0.1) is 10.7 Å². The van der Waals surface area contributed by atoms with Gasteiger partial charge >= 0.3 is 0 Å². The van der Waals surface area contributed by atoms with Crippen molar-refractivity contribution in [3.63, 3.8) is 0 Å². The van der Waals surface area contributed by atoms with Crippen molar-refractivity contribution in [2.24, 2.45) is 0 Å². The Balaban J connectivity index is 1.97. The molecule has 0 saturated carbocycles. The van der Waals surface area contributed by atoms with E-state index in [-0.39, 0.29) is 0 Å². The van der Waals surface area contributed by atoms with E-state index < -0.39 is 0 Å². The minimum atomic E-state index is 0.332. The number of halogens is 1. The summed E-state index contributed by atoms with van der Waals surface area (Å²) < 4.78 is 5.73. The lowest BCUT2D eigenvalue weighted by atomic mass is 9.95. The van der Waals surface area contributed by atoms with E-state index in [0.717, 1.165) is 36.9 Å². The van der Waals surface area contributed by atoms with E-state index in [1.165, 1.54) is 0 Å². The summed E-state index contributed by atoms with van der Waals surface area (Å²) in [4.78, 5) is 4.51. The second-order valence-electron chi connectivity index (χ2n) is 5.05. The molecule has 0 spiro atoms. The highest BCUT2D eigenvalue weighted by Crippen LogP contribution is 2.31. The van der Waals surface area contributed by atoms with Crippen LogP contribution in [-0.4, -0.2) is 4.98 Å². The van der Waals surface area contributed by atoms with Crippen molar-refractivity contribution in [1.82, 2.24) is 4.98 Å². The fourth-order valence-corrected chi connectivity index (χ4v) is 2.63. The first-order chi connectivity index (χ1) is 10.2. The van der Waals surface area contributed by atoms with Crippen LogP contribution in [-0.2, 0) is 12.8 Å². The van der Waals surface area contributed by atoms with Gasteiger partial charge in [-0.3, -0.25) is 0 Å². The Morgan fingerprint density at radius 1 is 1.24 bits per heavy atom. The summed E-state index contributed by atoms with van der Waals surface area (Å²) in [6, 6.07) is 9.04. The fourth-order valence-electron chi connectivity index (χ4n) is 2.46. The third-order valence-corrected chi connectivity index (χ3v) is 3.90. The molecular formula is C16H14ClN3O. The molecule has 1 heterocycles. The monoisotopic (exact) mass is 299 g/mol. The molecular weight excluding hydrogens is 286 g/mol. The molecule has 5 heteroatoms. The van der Waals surface area contributed by atoms with Gasteiger partial charge < -0.3 is 10.5 Å². The van der Waals surface area contributed by atoms with E-state index in [0.29, 0.717) is 27.9 Å². The maximum Gasteiger partial charge on any atom is 0.237 e. The van der Waals surface area contributed by atoms with Gasteiger partial charge in [0.15, 0.2) is 0 Å². The molecule has 3 rings (SSSR count). The lowest BCUT2D eigenvalue weighted by Gasteiger charge is -2.16. The summed E-state index contributed by atoms with van der Waals surface area (Å²) in [5, 5.41) is 9.70. The van der Waals surface area contributed by atoms with E-state index in [4.69, 9.17) is 22.1 Å². The predicted octanol–water partition coefficient (Wildman–Crippen LogP) is 3.86. The molecule has 106 valence electrons. The Labute approximate surface area is 128 Å². The molecule has 0 saturated heterocycles. The van der Waals surface area contributed by atoms with E-state index in [9.17, 15) is 5.26 Å². The fraction of sp³-hybridized carbons (Fsp3) is 0.250. The molecule has 0 fully saturated rings. The van der Waals surface area contributed by atoms with Crippen molar-refractivity contribution in [3.8, 4) is 17.7 Å². The summed E-state index contributed by atoms with van der Waals surface area (Å²) in [6.07, 6.45) is 4.18. The van der Waals surface area contributed by atoms with Crippen molar-refractivity contribution in [2.45, 2.75) is 25.7 Å². The first kappa shape index (κ1) is 13.7. The smallest absolute Gasteiger partial charge is 0.237 e. The topological polar surface area (TPSA) is 71.9 Å². The normalized spacial score (nSPS) is 13.3. The molecule has 0 atom stereocenters. The average molecular weight is 300 g/mol. The third-order valence-electron chi connectivity index (χ3n) is 3.57. The molecule has 2 aromatic rings. The van der Waals surface area contributed by atoms with Crippen molar-refractivity contribution in [3.05, 3.63) is 46.1 Å².